The van der Waals surface area contributed by atoms with Gasteiger partial charge in [-0.2, -0.15) is 0 Å². The normalized spacial score (nSPS) is 18.2. The Balaban J connectivity index is 1.51. The molecule has 1 aliphatic carbocycles. The zero-order chi connectivity index (χ0) is 36.1. The van der Waals surface area contributed by atoms with E-state index in [1.165, 1.54) is 24.1 Å². The minimum Gasteiger partial charge on any atom is -0.444 e. The van der Waals surface area contributed by atoms with Crippen LogP contribution in [0.1, 0.15) is 109 Å². The molecule has 0 bridgehead atoms. The van der Waals surface area contributed by atoms with E-state index in [2.05, 4.69) is 10.3 Å². The molecule has 1 N–H and O–H groups in total. The quantitative estimate of drug-likeness (QED) is 0.330. The monoisotopic (exact) mass is 682 g/mol. The van der Waals surface area contributed by atoms with Crippen molar-refractivity contribution in [1.82, 2.24) is 29.6 Å². The number of hydrogen-bond acceptors (Lipinski definition) is 6. The first kappa shape index (κ1) is 37.9. The van der Waals surface area contributed by atoms with Crippen LogP contribution >= 0.6 is 0 Å². The van der Waals surface area contributed by atoms with E-state index >= 15 is 0 Å². The Morgan fingerprint density at radius 1 is 1.02 bits per heavy atom. The number of benzene rings is 1. The molecule has 1 saturated heterocycles. The molecule has 2 fully saturated rings. The fourth-order valence-electron chi connectivity index (χ4n) is 6.52. The number of hydrogen-bond donors (Lipinski definition) is 1. The molecule has 270 valence electrons. The van der Waals surface area contributed by atoms with Crippen molar-refractivity contribution in [1.29, 1.82) is 0 Å². The summed E-state index contributed by atoms with van der Waals surface area (Å²) < 4.78 is 21.1. The van der Waals surface area contributed by atoms with Crippen molar-refractivity contribution < 1.29 is 28.3 Å². The molecular formula is C37H55FN6O5. The van der Waals surface area contributed by atoms with Crippen LogP contribution in [0.3, 0.4) is 0 Å². The SMILES string of the molecule is CC(C(=O)NC(C(=O)N1CCCC1CN(CCc1ccc(F)cc1)C(=O)c1cn(C2CCCC2)cn1)C(C)(C)C)N(C)C(=O)OC(C)(C)C. The van der Waals surface area contributed by atoms with Gasteiger partial charge in [0.15, 0.2) is 0 Å². The molecule has 3 unspecified atom stereocenters. The summed E-state index contributed by atoms with van der Waals surface area (Å²) in [7, 11) is 1.50. The summed E-state index contributed by atoms with van der Waals surface area (Å²) in [6, 6.07) is 4.58. The maximum atomic E-state index is 14.3. The summed E-state index contributed by atoms with van der Waals surface area (Å²) in [6.07, 6.45) is 9.38. The molecule has 1 aromatic heterocycles. The van der Waals surface area contributed by atoms with Gasteiger partial charge in [0.05, 0.1) is 6.33 Å². The second kappa shape index (κ2) is 15.7. The largest absolute Gasteiger partial charge is 0.444 e. The number of nitrogens with zero attached hydrogens (tertiary/aromatic N) is 5. The topological polar surface area (TPSA) is 117 Å². The standard InChI is InChI=1S/C37H55FN6O5/c1-25(41(8)35(48)49-37(5,6)7)32(45)40-31(36(2,3)4)34(47)44-20-11-14-29(44)22-42(21-19-26-15-17-27(38)18-16-26)33(46)30-23-43(24-39-30)28-12-9-10-13-28/h15-18,23-25,28-29,31H,9-14,19-22H2,1-8H3,(H,40,45). The number of halogens is 1. The van der Waals surface area contributed by atoms with Crippen molar-refractivity contribution in [2.24, 2.45) is 5.41 Å². The summed E-state index contributed by atoms with van der Waals surface area (Å²) in [5.41, 5.74) is -0.101. The number of carbonyl (C=O) groups excluding carboxylic acids is 4. The van der Waals surface area contributed by atoms with Crippen LogP contribution in [-0.4, -0.2) is 98.5 Å². The fourth-order valence-corrected chi connectivity index (χ4v) is 6.52. The average molecular weight is 683 g/mol. The maximum absolute atomic E-state index is 14.3. The Morgan fingerprint density at radius 3 is 2.29 bits per heavy atom. The molecule has 4 amide bonds. The Kier molecular flexibility index (Phi) is 12.1. The highest BCUT2D eigenvalue weighted by Gasteiger charge is 2.41. The lowest BCUT2D eigenvalue weighted by atomic mass is 9.85. The number of nitrogens with one attached hydrogen (secondary N) is 1. The molecule has 3 atom stereocenters. The summed E-state index contributed by atoms with van der Waals surface area (Å²) in [5.74, 6) is -1.23. The van der Waals surface area contributed by atoms with Crippen LogP contribution in [-0.2, 0) is 20.7 Å². The van der Waals surface area contributed by atoms with Crippen LogP contribution in [0.15, 0.2) is 36.8 Å². The van der Waals surface area contributed by atoms with E-state index in [0.717, 1.165) is 37.7 Å². The van der Waals surface area contributed by atoms with Crippen LogP contribution in [0.4, 0.5) is 9.18 Å². The minimum atomic E-state index is -0.884. The minimum absolute atomic E-state index is 0.210. The van der Waals surface area contributed by atoms with E-state index in [-0.39, 0.29) is 23.7 Å². The van der Waals surface area contributed by atoms with Gasteiger partial charge in [0.25, 0.3) is 5.91 Å². The molecule has 4 rings (SSSR count). The Morgan fingerprint density at radius 2 is 1.67 bits per heavy atom. The Bertz CT molecular complexity index is 1460. The van der Waals surface area contributed by atoms with Crippen molar-refractivity contribution >= 4 is 23.8 Å². The molecule has 12 heteroatoms. The highest BCUT2D eigenvalue weighted by atomic mass is 19.1. The maximum Gasteiger partial charge on any atom is 0.410 e. The van der Waals surface area contributed by atoms with E-state index in [4.69, 9.17) is 4.74 Å². The number of ether oxygens (including phenoxy) is 1. The lowest BCUT2D eigenvalue weighted by Gasteiger charge is -2.38. The van der Waals surface area contributed by atoms with Crippen molar-refractivity contribution in [3.8, 4) is 0 Å². The van der Waals surface area contributed by atoms with Crippen LogP contribution in [0.2, 0.25) is 0 Å². The van der Waals surface area contributed by atoms with Crippen LogP contribution in [0.5, 0.6) is 0 Å². The molecule has 1 aliphatic heterocycles. The third kappa shape index (κ3) is 10.0. The fraction of sp³-hybridized carbons (Fsp3) is 0.649. The number of amides is 4. The summed E-state index contributed by atoms with van der Waals surface area (Å²) in [6.45, 7) is 13.7. The van der Waals surface area contributed by atoms with E-state index < -0.39 is 35.1 Å². The number of likely N-dealkylation sites (tertiary alicyclic amines) is 1. The second-order valence-corrected chi connectivity index (χ2v) is 15.7. The number of likely N-dealkylation sites (N-methyl/N-ethyl adjacent to an activating group) is 1. The predicted octanol–water partition coefficient (Wildman–Crippen LogP) is 5.60. The van der Waals surface area contributed by atoms with Gasteiger partial charge in [0.2, 0.25) is 11.8 Å². The van der Waals surface area contributed by atoms with E-state index in [1.54, 1.807) is 56.0 Å². The van der Waals surface area contributed by atoms with Gasteiger partial charge in [-0.05, 0) is 82.9 Å². The zero-order valence-electron chi connectivity index (χ0n) is 30.5. The van der Waals surface area contributed by atoms with E-state index in [0.29, 0.717) is 44.2 Å². The lowest BCUT2D eigenvalue weighted by molar-refractivity contribution is -0.141. The number of rotatable bonds is 11. The third-order valence-corrected chi connectivity index (χ3v) is 9.57. The molecule has 49 heavy (non-hydrogen) atoms. The number of carbonyl (C=O) groups is 4. The molecular weight excluding hydrogens is 627 g/mol. The van der Waals surface area contributed by atoms with Gasteiger partial charge in [-0.3, -0.25) is 19.3 Å². The van der Waals surface area contributed by atoms with Gasteiger partial charge >= 0.3 is 6.09 Å². The molecule has 0 radical (unpaired) electrons. The number of aromatic nitrogens is 2. The van der Waals surface area contributed by atoms with Gasteiger partial charge in [0.1, 0.15) is 29.2 Å². The lowest BCUT2D eigenvalue weighted by Crippen LogP contribution is -2.59. The second-order valence-electron chi connectivity index (χ2n) is 15.7. The van der Waals surface area contributed by atoms with Crippen molar-refractivity contribution in [3.63, 3.8) is 0 Å². The molecule has 0 spiro atoms. The van der Waals surface area contributed by atoms with Crippen molar-refractivity contribution in [2.75, 3.05) is 26.7 Å². The third-order valence-electron chi connectivity index (χ3n) is 9.57. The van der Waals surface area contributed by atoms with Crippen molar-refractivity contribution in [3.05, 3.63) is 53.9 Å². The molecule has 2 aromatic rings. The highest BCUT2D eigenvalue weighted by molar-refractivity contribution is 5.93. The Labute approximate surface area is 290 Å². The first-order valence-corrected chi connectivity index (χ1v) is 17.6. The number of imidazole rings is 1. The van der Waals surface area contributed by atoms with Gasteiger partial charge in [-0.15, -0.1) is 0 Å². The first-order chi connectivity index (χ1) is 22.9. The summed E-state index contributed by atoms with van der Waals surface area (Å²) in [4.78, 5) is 63.7. The summed E-state index contributed by atoms with van der Waals surface area (Å²) >= 11 is 0. The molecule has 2 aliphatic rings. The van der Waals surface area contributed by atoms with Crippen LogP contribution < -0.4 is 5.32 Å². The zero-order valence-corrected chi connectivity index (χ0v) is 30.5. The smallest absolute Gasteiger partial charge is 0.410 e. The van der Waals surface area contributed by atoms with Gasteiger partial charge in [-0.25, -0.2) is 14.2 Å². The highest BCUT2D eigenvalue weighted by Crippen LogP contribution is 2.30. The average Bonchev–Trinajstić information content (AvgIpc) is 3.82. The molecule has 11 nitrogen and oxygen atoms in total. The van der Waals surface area contributed by atoms with Gasteiger partial charge in [0, 0.05) is 45.0 Å². The van der Waals surface area contributed by atoms with Crippen LogP contribution in [0.25, 0.3) is 0 Å². The van der Waals surface area contributed by atoms with Gasteiger partial charge in [-0.1, -0.05) is 45.7 Å². The Hall–Kier alpha value is -3.96. The first-order valence-electron chi connectivity index (χ1n) is 17.6. The molecule has 1 saturated carbocycles. The van der Waals surface area contributed by atoms with Gasteiger partial charge < -0.3 is 24.4 Å². The summed E-state index contributed by atoms with van der Waals surface area (Å²) in [5, 5.41) is 2.93. The molecule has 2 heterocycles. The van der Waals surface area contributed by atoms with Crippen molar-refractivity contribution in [2.45, 2.75) is 123 Å². The molecule has 1 aromatic carbocycles. The van der Waals surface area contributed by atoms with Crippen LogP contribution in [0, 0.1) is 11.2 Å². The van der Waals surface area contributed by atoms with E-state index in [1.807, 2.05) is 31.5 Å². The predicted molar refractivity (Wildman–Crippen MR) is 185 cm³/mol. The van der Waals surface area contributed by atoms with E-state index in [9.17, 15) is 23.6 Å².